The molecule has 5 heterocycles. The largest absolute Gasteiger partial charge is 0.507 e. The minimum atomic E-state index is -1.08. The Bertz CT molecular complexity index is 1880. The van der Waals surface area contributed by atoms with Crippen LogP contribution in [-0.4, -0.2) is 151 Å². The lowest BCUT2D eigenvalue weighted by atomic mass is 10.0. The third-order valence-corrected chi connectivity index (χ3v) is 11.4. The average Bonchev–Trinajstić information content (AvgIpc) is 3.40. The first-order chi connectivity index (χ1) is 27.6. The molecule has 304 valence electrons. The van der Waals surface area contributed by atoms with Gasteiger partial charge in [-0.15, -0.1) is 0 Å². The van der Waals surface area contributed by atoms with E-state index in [4.69, 9.17) is 14.2 Å². The van der Waals surface area contributed by atoms with Gasteiger partial charge in [0.25, 0.3) is 5.91 Å². The number of benzene rings is 2. The molecule has 0 spiro atoms. The van der Waals surface area contributed by atoms with Crippen LogP contribution in [0, 0.1) is 13.8 Å². The number of aryl methyl sites for hydroxylation is 2. The number of urea groups is 1. The fourth-order valence-corrected chi connectivity index (χ4v) is 8.08. The highest BCUT2D eigenvalue weighted by atomic mass is 16.6. The number of likely N-dealkylation sites (tertiary alicyclic amines) is 1. The number of piperazine rings is 1. The number of aromatic hydroxyl groups is 1. The summed E-state index contributed by atoms with van der Waals surface area (Å²) in [5.41, 5.74) is 4.45. The standard InChI is InChI=1S/C42H53N7O8/c1-29-25-31(26-30(2)38(29)50)27-36(57-42(54)48-12-10-34(11-13-48)49-14-9-32-5-3-4-6-35(32)44-41(49)53)39(51)47-17-15-46(16-18-47)37-8-7-33(28-43-37)40(52)56-24-21-45-19-22-55-23-20-45/h3-8,25-26,28,34,36,50H,9-24,27H2,1-2H3,(H,44,53)/t36-/m1/s1. The number of anilines is 2. The number of aromatic nitrogens is 1. The summed E-state index contributed by atoms with van der Waals surface area (Å²) in [5, 5.41) is 13.4. The molecule has 4 amide bonds. The SMILES string of the molecule is Cc1cc(C[C@@H](OC(=O)N2CCC(N3CCc4ccccc4NC3=O)CC2)C(=O)N2CCN(c3ccc(C(=O)OCCN4CCOCC4)cn3)CC2)cc(C)c1O. The predicted octanol–water partition coefficient (Wildman–Crippen LogP) is 3.84. The van der Waals surface area contributed by atoms with E-state index in [0.717, 1.165) is 36.3 Å². The molecule has 3 saturated heterocycles. The van der Waals surface area contributed by atoms with Gasteiger partial charge in [-0.25, -0.2) is 19.4 Å². The van der Waals surface area contributed by atoms with Crippen molar-refractivity contribution in [1.82, 2.24) is 24.6 Å². The number of pyridine rings is 1. The van der Waals surface area contributed by atoms with Crippen LogP contribution >= 0.6 is 0 Å². The van der Waals surface area contributed by atoms with Crippen molar-refractivity contribution in [3.63, 3.8) is 0 Å². The van der Waals surface area contributed by atoms with Gasteiger partial charge in [0.2, 0.25) is 0 Å². The quantitative estimate of drug-likeness (QED) is 0.288. The molecular weight excluding hydrogens is 731 g/mol. The second-order valence-corrected chi connectivity index (χ2v) is 15.2. The molecule has 15 nitrogen and oxygen atoms in total. The Kier molecular flexibility index (Phi) is 12.7. The van der Waals surface area contributed by atoms with Crippen LogP contribution in [-0.2, 0) is 31.8 Å². The smallest absolute Gasteiger partial charge is 0.410 e. The number of phenols is 1. The Balaban J connectivity index is 0.939. The van der Waals surface area contributed by atoms with E-state index in [0.29, 0.717) is 108 Å². The van der Waals surface area contributed by atoms with Gasteiger partial charge in [0.1, 0.15) is 18.2 Å². The molecule has 4 aliphatic heterocycles. The fraction of sp³-hybridized carbons (Fsp3) is 0.500. The van der Waals surface area contributed by atoms with Gasteiger partial charge in [-0.05, 0) is 73.6 Å². The van der Waals surface area contributed by atoms with Crippen LogP contribution in [0.4, 0.5) is 21.1 Å². The number of hydrogen-bond acceptors (Lipinski definition) is 11. The number of phenolic OH excluding ortho intramolecular Hbond substituents is 1. The molecule has 3 aromatic rings. The van der Waals surface area contributed by atoms with Gasteiger partial charge in [0.15, 0.2) is 6.10 Å². The van der Waals surface area contributed by atoms with Crippen molar-refractivity contribution >= 4 is 35.5 Å². The van der Waals surface area contributed by atoms with Gasteiger partial charge < -0.3 is 44.2 Å². The van der Waals surface area contributed by atoms with E-state index in [2.05, 4.69) is 20.1 Å². The molecule has 7 rings (SSSR count). The number of nitrogens with zero attached hydrogens (tertiary/aromatic N) is 6. The van der Waals surface area contributed by atoms with Gasteiger partial charge >= 0.3 is 18.1 Å². The van der Waals surface area contributed by atoms with Gasteiger partial charge in [0.05, 0.1) is 18.8 Å². The maximum Gasteiger partial charge on any atom is 0.410 e. The molecule has 1 aromatic heterocycles. The summed E-state index contributed by atoms with van der Waals surface area (Å²) < 4.78 is 16.9. The van der Waals surface area contributed by atoms with Gasteiger partial charge in [-0.2, -0.15) is 0 Å². The summed E-state index contributed by atoms with van der Waals surface area (Å²) in [4.78, 5) is 67.6. The second kappa shape index (κ2) is 18.2. The molecule has 3 fully saturated rings. The number of ether oxygens (including phenoxy) is 3. The van der Waals surface area contributed by atoms with E-state index in [1.54, 1.807) is 35.8 Å². The van der Waals surface area contributed by atoms with Crippen LogP contribution in [0.25, 0.3) is 0 Å². The summed E-state index contributed by atoms with van der Waals surface area (Å²) in [6.45, 7) is 10.8. The van der Waals surface area contributed by atoms with Crippen LogP contribution < -0.4 is 10.2 Å². The van der Waals surface area contributed by atoms with E-state index >= 15 is 0 Å². The highest BCUT2D eigenvalue weighted by molar-refractivity contribution is 5.91. The lowest BCUT2D eigenvalue weighted by Gasteiger charge is -2.39. The summed E-state index contributed by atoms with van der Waals surface area (Å²) >= 11 is 0. The van der Waals surface area contributed by atoms with Crippen LogP contribution in [0.5, 0.6) is 5.75 Å². The summed E-state index contributed by atoms with van der Waals surface area (Å²) in [6, 6.07) is 14.8. The number of carbonyl (C=O) groups is 4. The number of amides is 4. The summed E-state index contributed by atoms with van der Waals surface area (Å²) in [7, 11) is 0. The molecule has 15 heteroatoms. The third-order valence-electron chi connectivity index (χ3n) is 11.4. The highest BCUT2D eigenvalue weighted by Gasteiger charge is 2.35. The molecule has 1 atom stereocenters. The van der Waals surface area contributed by atoms with E-state index < -0.39 is 18.2 Å². The molecule has 0 unspecified atom stereocenters. The first-order valence-electron chi connectivity index (χ1n) is 20.0. The number of nitrogens with one attached hydrogen (secondary N) is 1. The van der Waals surface area contributed by atoms with Gasteiger partial charge in [-0.3, -0.25) is 9.69 Å². The van der Waals surface area contributed by atoms with Crippen LogP contribution in [0.3, 0.4) is 0 Å². The molecule has 2 aromatic carbocycles. The molecule has 0 bridgehead atoms. The molecule has 0 saturated carbocycles. The maximum absolute atomic E-state index is 14.2. The first kappa shape index (κ1) is 39.8. The number of rotatable bonds is 10. The zero-order valence-electron chi connectivity index (χ0n) is 32.9. The van der Waals surface area contributed by atoms with Crippen molar-refractivity contribution in [2.45, 2.75) is 51.7 Å². The van der Waals surface area contributed by atoms with Crippen molar-refractivity contribution < 1.29 is 38.5 Å². The Hall–Kier alpha value is -5.41. The molecule has 2 N–H and O–H groups in total. The minimum Gasteiger partial charge on any atom is -0.507 e. The van der Waals surface area contributed by atoms with Gasteiger partial charge in [0, 0.05) is 89.8 Å². The van der Waals surface area contributed by atoms with Crippen LogP contribution in [0.2, 0.25) is 0 Å². The third kappa shape index (κ3) is 9.77. The monoisotopic (exact) mass is 783 g/mol. The van der Waals surface area contributed by atoms with Crippen LogP contribution in [0.15, 0.2) is 54.7 Å². The van der Waals surface area contributed by atoms with E-state index in [1.165, 1.54) is 6.20 Å². The number of para-hydroxylation sites is 1. The van der Waals surface area contributed by atoms with E-state index in [-0.39, 0.29) is 30.2 Å². The Morgan fingerprint density at radius 3 is 2.33 bits per heavy atom. The van der Waals surface area contributed by atoms with Crippen molar-refractivity contribution in [3.05, 3.63) is 82.5 Å². The van der Waals surface area contributed by atoms with E-state index in [9.17, 15) is 24.3 Å². The number of esters is 1. The van der Waals surface area contributed by atoms with Crippen molar-refractivity contribution in [2.24, 2.45) is 0 Å². The molecule has 4 aliphatic rings. The number of hydrogen-bond donors (Lipinski definition) is 2. The highest BCUT2D eigenvalue weighted by Crippen LogP contribution is 2.27. The number of fused-ring (bicyclic) bond motifs is 1. The fourth-order valence-electron chi connectivity index (χ4n) is 8.08. The van der Waals surface area contributed by atoms with Gasteiger partial charge in [-0.1, -0.05) is 30.3 Å². The zero-order valence-corrected chi connectivity index (χ0v) is 32.9. The molecule has 57 heavy (non-hydrogen) atoms. The molecular formula is C42H53N7O8. The number of morpholine rings is 1. The maximum atomic E-state index is 14.2. The van der Waals surface area contributed by atoms with Crippen molar-refractivity contribution in [1.29, 1.82) is 0 Å². The Morgan fingerprint density at radius 2 is 1.63 bits per heavy atom. The molecule has 0 aliphatic carbocycles. The Morgan fingerprint density at radius 1 is 0.912 bits per heavy atom. The zero-order chi connectivity index (χ0) is 39.9. The average molecular weight is 784 g/mol. The lowest BCUT2D eigenvalue weighted by molar-refractivity contribution is -0.141. The lowest BCUT2D eigenvalue weighted by Crippen LogP contribution is -2.54. The second-order valence-electron chi connectivity index (χ2n) is 15.2. The molecule has 0 radical (unpaired) electrons. The topological polar surface area (TPSA) is 157 Å². The van der Waals surface area contributed by atoms with Crippen molar-refractivity contribution in [2.75, 3.05) is 95.5 Å². The normalized spacial score (nSPS) is 18.7. The summed E-state index contributed by atoms with van der Waals surface area (Å²) in [5.74, 6) is 0.181. The summed E-state index contributed by atoms with van der Waals surface area (Å²) in [6.07, 6.45) is 1.98. The minimum absolute atomic E-state index is 0.0230. The number of piperidine rings is 1. The predicted molar refractivity (Wildman–Crippen MR) is 213 cm³/mol. The Labute approximate surface area is 333 Å². The van der Waals surface area contributed by atoms with Crippen molar-refractivity contribution in [3.8, 4) is 5.75 Å². The van der Waals surface area contributed by atoms with Crippen LogP contribution in [0.1, 0.15) is 45.5 Å². The van der Waals surface area contributed by atoms with E-state index in [1.807, 2.05) is 41.3 Å². The first-order valence-corrected chi connectivity index (χ1v) is 20.0. The number of carbonyl (C=O) groups excluding carboxylic acids is 4.